The van der Waals surface area contributed by atoms with Crippen LogP contribution in [0, 0.1) is 5.82 Å². The van der Waals surface area contributed by atoms with E-state index in [1.807, 2.05) is 5.38 Å². The molecule has 1 amide bonds. The topological polar surface area (TPSA) is 70.6 Å². The Morgan fingerprint density at radius 3 is 2.63 bits per heavy atom. The van der Waals surface area contributed by atoms with Crippen LogP contribution in [-0.4, -0.2) is 60.5 Å². The molecule has 3 rings (SSSR count). The second-order valence-electron chi connectivity index (χ2n) is 6.58. The van der Waals surface area contributed by atoms with Gasteiger partial charge in [0.2, 0.25) is 5.91 Å². The molecule has 0 spiro atoms. The molecule has 27 heavy (non-hydrogen) atoms. The van der Waals surface area contributed by atoms with Gasteiger partial charge in [-0.15, -0.1) is 11.3 Å². The van der Waals surface area contributed by atoms with Gasteiger partial charge in [-0.2, -0.15) is 0 Å². The summed E-state index contributed by atoms with van der Waals surface area (Å²) in [6.45, 7) is 4.64. The summed E-state index contributed by atoms with van der Waals surface area (Å²) in [4.78, 5) is 20.9. The van der Waals surface area contributed by atoms with E-state index in [0.29, 0.717) is 19.6 Å². The van der Waals surface area contributed by atoms with E-state index >= 15 is 0 Å². The third kappa shape index (κ3) is 4.72. The van der Waals surface area contributed by atoms with Gasteiger partial charge < -0.3 is 4.90 Å². The van der Waals surface area contributed by atoms with E-state index in [0.717, 1.165) is 37.3 Å². The van der Waals surface area contributed by atoms with Crippen molar-refractivity contribution in [2.75, 3.05) is 26.2 Å². The van der Waals surface area contributed by atoms with Crippen LogP contribution in [0.25, 0.3) is 0 Å². The number of hydrogen-bond donors (Lipinski definition) is 0. The van der Waals surface area contributed by atoms with Gasteiger partial charge >= 0.3 is 0 Å². The lowest BCUT2D eigenvalue weighted by molar-refractivity contribution is -0.130. The Bertz CT molecular complexity index is 870. The molecule has 2 heterocycles. The number of thiazole rings is 1. The fourth-order valence-electron chi connectivity index (χ4n) is 3.11. The van der Waals surface area contributed by atoms with Gasteiger partial charge in [0.1, 0.15) is 11.1 Å². The van der Waals surface area contributed by atoms with E-state index < -0.39 is 26.8 Å². The summed E-state index contributed by atoms with van der Waals surface area (Å²) >= 11 is 1.55. The number of aromatic nitrogens is 1. The van der Waals surface area contributed by atoms with E-state index in [2.05, 4.69) is 9.88 Å². The van der Waals surface area contributed by atoms with Crippen LogP contribution in [0.15, 0.2) is 40.1 Å². The van der Waals surface area contributed by atoms with Crippen molar-refractivity contribution < 1.29 is 17.6 Å². The van der Waals surface area contributed by atoms with Crippen molar-refractivity contribution in [3.63, 3.8) is 0 Å². The van der Waals surface area contributed by atoms with Crippen molar-refractivity contribution in [1.29, 1.82) is 0 Å². The number of carbonyl (C=O) groups is 1. The molecule has 146 valence electrons. The minimum atomic E-state index is -3.85. The number of hydrogen-bond acceptors (Lipinski definition) is 6. The number of halogens is 1. The maximum atomic E-state index is 13.1. The average molecular weight is 412 g/mol. The van der Waals surface area contributed by atoms with E-state index in [1.165, 1.54) is 19.1 Å². The number of benzene rings is 1. The first kappa shape index (κ1) is 19.9. The third-order valence-electron chi connectivity index (χ3n) is 4.72. The van der Waals surface area contributed by atoms with Crippen molar-refractivity contribution in [1.82, 2.24) is 14.8 Å². The van der Waals surface area contributed by atoms with Crippen LogP contribution in [0.5, 0.6) is 0 Å². The maximum Gasteiger partial charge on any atom is 0.241 e. The lowest BCUT2D eigenvalue weighted by Crippen LogP contribution is -2.43. The van der Waals surface area contributed by atoms with Gasteiger partial charge in [-0.1, -0.05) is 0 Å². The van der Waals surface area contributed by atoms with Crippen LogP contribution in [0.3, 0.4) is 0 Å². The molecule has 0 aliphatic carbocycles. The Morgan fingerprint density at radius 2 is 1.96 bits per heavy atom. The van der Waals surface area contributed by atoms with Crippen LogP contribution in [-0.2, 0) is 21.2 Å². The van der Waals surface area contributed by atoms with Gasteiger partial charge in [0.25, 0.3) is 0 Å². The zero-order valence-corrected chi connectivity index (χ0v) is 16.7. The van der Waals surface area contributed by atoms with Gasteiger partial charge in [0.15, 0.2) is 9.84 Å². The lowest BCUT2D eigenvalue weighted by atomic mass is 10.3. The molecule has 1 aromatic carbocycles. The monoisotopic (exact) mass is 411 g/mol. The zero-order valence-electron chi connectivity index (χ0n) is 15.0. The summed E-state index contributed by atoms with van der Waals surface area (Å²) in [5.74, 6) is -0.921. The highest BCUT2D eigenvalue weighted by molar-refractivity contribution is 7.92. The highest BCUT2D eigenvalue weighted by atomic mass is 32.2. The Labute approximate surface area is 162 Å². The van der Waals surface area contributed by atoms with Crippen molar-refractivity contribution in [3.8, 4) is 0 Å². The zero-order chi connectivity index (χ0) is 19.4. The molecule has 1 aliphatic rings. The molecule has 1 atom stereocenters. The number of nitrogens with zero attached hydrogens (tertiary/aromatic N) is 3. The Morgan fingerprint density at radius 1 is 1.22 bits per heavy atom. The number of sulfone groups is 1. The number of rotatable bonds is 5. The molecule has 1 saturated heterocycles. The largest absolute Gasteiger partial charge is 0.340 e. The summed E-state index contributed by atoms with van der Waals surface area (Å²) in [6.07, 6.45) is 0.777. The summed E-state index contributed by atoms with van der Waals surface area (Å²) in [5, 5.41) is 0.804. The smallest absolute Gasteiger partial charge is 0.241 e. The minimum absolute atomic E-state index is 0.0373. The standard InChI is InChI=1S/C18H22FN3O3S2/c1-14(27(24,25)17-5-3-15(19)4-6-17)18(23)22-8-2-7-21(9-10-22)11-16-12-26-13-20-16/h3-6,12-14H,2,7-11H2,1H3. The first-order valence-electron chi connectivity index (χ1n) is 8.75. The van der Waals surface area contributed by atoms with E-state index in [1.54, 1.807) is 21.7 Å². The normalized spacial score (nSPS) is 17.5. The second-order valence-corrected chi connectivity index (χ2v) is 9.56. The van der Waals surface area contributed by atoms with Crippen molar-refractivity contribution >= 4 is 27.1 Å². The highest BCUT2D eigenvalue weighted by Crippen LogP contribution is 2.19. The molecule has 1 fully saturated rings. The van der Waals surface area contributed by atoms with Gasteiger partial charge in [-0.05, 0) is 37.6 Å². The maximum absolute atomic E-state index is 13.1. The summed E-state index contributed by atoms with van der Waals surface area (Å²) in [6, 6.07) is 4.58. The van der Waals surface area contributed by atoms with Crippen LogP contribution in [0.1, 0.15) is 19.0 Å². The molecule has 1 aromatic heterocycles. The summed E-state index contributed by atoms with van der Waals surface area (Å²) < 4.78 is 38.5. The van der Waals surface area contributed by atoms with Gasteiger partial charge in [0, 0.05) is 38.1 Å². The minimum Gasteiger partial charge on any atom is -0.340 e. The Hall–Kier alpha value is -1.84. The third-order valence-corrected chi connectivity index (χ3v) is 7.42. The molecule has 0 saturated carbocycles. The fourth-order valence-corrected chi connectivity index (χ4v) is 5.00. The van der Waals surface area contributed by atoms with Crippen molar-refractivity contribution in [2.24, 2.45) is 0 Å². The Balaban J connectivity index is 1.65. The molecule has 1 unspecified atom stereocenters. The molecular formula is C18H22FN3O3S2. The molecule has 0 radical (unpaired) electrons. The van der Waals surface area contributed by atoms with Crippen molar-refractivity contribution in [2.45, 2.75) is 30.0 Å². The summed E-state index contributed by atoms with van der Waals surface area (Å²) in [5.41, 5.74) is 2.80. The first-order valence-corrected chi connectivity index (χ1v) is 11.2. The van der Waals surface area contributed by atoms with Gasteiger partial charge in [-0.25, -0.2) is 17.8 Å². The average Bonchev–Trinajstić information content (AvgIpc) is 3.05. The Kier molecular flexibility index (Phi) is 6.23. The molecule has 1 aliphatic heterocycles. The van der Waals surface area contributed by atoms with E-state index in [9.17, 15) is 17.6 Å². The van der Waals surface area contributed by atoms with Crippen LogP contribution >= 0.6 is 11.3 Å². The van der Waals surface area contributed by atoms with E-state index in [-0.39, 0.29) is 4.90 Å². The molecule has 9 heteroatoms. The van der Waals surface area contributed by atoms with Crippen molar-refractivity contribution in [3.05, 3.63) is 46.7 Å². The first-order chi connectivity index (χ1) is 12.9. The van der Waals surface area contributed by atoms with Crippen LogP contribution < -0.4 is 0 Å². The predicted octanol–water partition coefficient (Wildman–Crippen LogP) is 2.18. The fraction of sp³-hybridized carbons (Fsp3) is 0.444. The molecule has 0 bridgehead atoms. The van der Waals surface area contributed by atoms with E-state index in [4.69, 9.17) is 0 Å². The molecule has 2 aromatic rings. The van der Waals surface area contributed by atoms with Crippen LogP contribution in [0.4, 0.5) is 4.39 Å². The van der Waals surface area contributed by atoms with Gasteiger partial charge in [-0.3, -0.25) is 9.69 Å². The number of amides is 1. The highest BCUT2D eigenvalue weighted by Gasteiger charge is 2.33. The molecular weight excluding hydrogens is 389 g/mol. The lowest BCUT2D eigenvalue weighted by Gasteiger charge is -2.24. The second kappa shape index (κ2) is 8.45. The molecule has 6 nitrogen and oxygen atoms in total. The van der Waals surface area contributed by atoms with Gasteiger partial charge in [0.05, 0.1) is 16.1 Å². The quantitative estimate of drug-likeness (QED) is 0.706. The SMILES string of the molecule is CC(C(=O)N1CCCN(Cc2cscn2)CC1)S(=O)(=O)c1ccc(F)cc1. The predicted molar refractivity (Wildman–Crippen MR) is 102 cm³/mol. The van der Waals surface area contributed by atoms with Crippen LogP contribution in [0.2, 0.25) is 0 Å². The molecule has 0 N–H and O–H groups in total. The number of carbonyl (C=O) groups excluding carboxylic acids is 1. The summed E-state index contributed by atoms with van der Waals surface area (Å²) in [7, 11) is -3.85.